The van der Waals surface area contributed by atoms with Crippen LogP contribution in [0.5, 0.6) is 0 Å². The van der Waals surface area contributed by atoms with Crippen molar-refractivity contribution >= 4 is 23.2 Å². The van der Waals surface area contributed by atoms with Crippen LogP contribution in [0, 0.1) is 0 Å². The van der Waals surface area contributed by atoms with Crippen LogP contribution in [-0.4, -0.2) is 25.0 Å². The highest BCUT2D eigenvalue weighted by molar-refractivity contribution is 5.85. The van der Waals surface area contributed by atoms with Gasteiger partial charge in [0.25, 0.3) is 0 Å². The molecule has 2 heteroatoms. The van der Waals surface area contributed by atoms with Crippen LogP contribution in [-0.2, 0) is 5.41 Å². The summed E-state index contributed by atoms with van der Waals surface area (Å²) < 4.78 is 0. The number of halogens is 1. The predicted molar refractivity (Wildman–Crippen MR) is 99.1 cm³/mol. The van der Waals surface area contributed by atoms with Crippen LogP contribution in [0.2, 0.25) is 0 Å². The molecule has 1 atom stereocenters. The highest BCUT2D eigenvalue weighted by Gasteiger charge is 2.39. The fourth-order valence-electron chi connectivity index (χ4n) is 4.12. The Balaban J connectivity index is 0.00000176. The first kappa shape index (κ1) is 17.3. The van der Waals surface area contributed by atoms with Gasteiger partial charge in [0.05, 0.1) is 0 Å². The molecule has 1 nitrogen and oxygen atoms in total. The van der Waals surface area contributed by atoms with Crippen molar-refractivity contribution in [3.8, 4) is 0 Å². The molecule has 0 bridgehead atoms. The van der Waals surface area contributed by atoms with Gasteiger partial charge in [0.15, 0.2) is 0 Å². The van der Waals surface area contributed by atoms with Gasteiger partial charge in [-0.3, -0.25) is 0 Å². The molecule has 22 heavy (non-hydrogen) atoms. The third-order valence-electron chi connectivity index (χ3n) is 5.64. The molecule has 0 amide bonds. The van der Waals surface area contributed by atoms with Crippen LogP contribution in [0.25, 0.3) is 10.8 Å². The maximum absolute atomic E-state index is 2.45. The van der Waals surface area contributed by atoms with Gasteiger partial charge in [0.2, 0.25) is 0 Å². The van der Waals surface area contributed by atoms with E-state index in [1.807, 2.05) is 0 Å². The number of hydrogen-bond acceptors (Lipinski definition) is 1. The number of rotatable bonds is 3. The molecule has 0 aromatic heterocycles. The van der Waals surface area contributed by atoms with Crippen LogP contribution >= 0.6 is 12.4 Å². The predicted octanol–water partition coefficient (Wildman–Crippen LogP) is 5.41. The molecular weight excluding hydrogens is 290 g/mol. The summed E-state index contributed by atoms with van der Waals surface area (Å²) in [4.78, 5) is 2.40. The van der Waals surface area contributed by atoms with E-state index in [2.05, 4.69) is 68.4 Å². The maximum atomic E-state index is 2.45. The van der Waals surface area contributed by atoms with E-state index in [9.17, 15) is 0 Å². The van der Waals surface area contributed by atoms with Gasteiger partial charge in [-0.25, -0.2) is 0 Å². The van der Waals surface area contributed by atoms with E-state index in [4.69, 9.17) is 0 Å². The summed E-state index contributed by atoms with van der Waals surface area (Å²) in [6.07, 6.45) is 6.78. The van der Waals surface area contributed by atoms with E-state index in [-0.39, 0.29) is 12.4 Å². The Morgan fingerprint density at radius 3 is 2.18 bits per heavy atom. The average Bonchev–Trinajstić information content (AvgIpc) is 2.54. The molecule has 0 heterocycles. The van der Waals surface area contributed by atoms with Crippen LogP contribution in [0.3, 0.4) is 0 Å². The van der Waals surface area contributed by atoms with Gasteiger partial charge in [-0.1, -0.05) is 61.7 Å². The second kappa shape index (κ2) is 7.02. The Labute approximate surface area is 141 Å². The summed E-state index contributed by atoms with van der Waals surface area (Å²) in [6.45, 7) is 2.40. The van der Waals surface area contributed by atoms with E-state index < -0.39 is 0 Å². The summed E-state index contributed by atoms with van der Waals surface area (Å²) in [7, 11) is 4.45. The molecule has 0 N–H and O–H groups in total. The molecule has 0 radical (unpaired) electrons. The van der Waals surface area contributed by atoms with Crippen molar-refractivity contribution in [3.05, 3.63) is 48.0 Å². The highest BCUT2D eigenvalue weighted by atomic mass is 35.5. The molecule has 0 aliphatic heterocycles. The van der Waals surface area contributed by atoms with Crippen molar-refractivity contribution in [1.82, 2.24) is 4.90 Å². The summed E-state index contributed by atoms with van der Waals surface area (Å²) in [5, 5.41) is 2.73. The van der Waals surface area contributed by atoms with Crippen LogP contribution in [0.15, 0.2) is 42.5 Å². The summed E-state index contributed by atoms with van der Waals surface area (Å²) in [5.74, 6) is 0. The van der Waals surface area contributed by atoms with E-state index in [1.165, 1.54) is 42.9 Å². The van der Waals surface area contributed by atoms with Crippen LogP contribution in [0.1, 0.15) is 44.6 Å². The molecule has 1 unspecified atom stereocenters. The SMILES string of the molecule is CC(N(C)C)C1(c2ccc3ccccc3c2)CCCCC1.Cl. The molecule has 2 aromatic rings. The first-order chi connectivity index (χ1) is 10.1. The molecular formula is C20H28ClN. The number of fused-ring (bicyclic) bond motifs is 1. The van der Waals surface area contributed by atoms with Crippen molar-refractivity contribution in [2.75, 3.05) is 14.1 Å². The lowest BCUT2D eigenvalue weighted by atomic mass is 9.64. The van der Waals surface area contributed by atoms with Crippen LogP contribution in [0.4, 0.5) is 0 Å². The third kappa shape index (κ3) is 3.02. The Morgan fingerprint density at radius 2 is 1.55 bits per heavy atom. The lowest BCUT2D eigenvalue weighted by Gasteiger charge is -2.45. The minimum atomic E-state index is 0. The first-order valence-electron chi connectivity index (χ1n) is 8.29. The quantitative estimate of drug-likeness (QED) is 0.731. The Bertz CT molecular complexity index is 614. The van der Waals surface area contributed by atoms with Gasteiger partial charge in [-0.2, -0.15) is 0 Å². The summed E-state index contributed by atoms with van der Waals surface area (Å²) >= 11 is 0. The van der Waals surface area contributed by atoms with Crippen molar-refractivity contribution < 1.29 is 0 Å². The fourth-order valence-corrected chi connectivity index (χ4v) is 4.12. The smallest absolute Gasteiger partial charge is 0.0158 e. The molecule has 1 saturated carbocycles. The van der Waals surface area contributed by atoms with Crippen molar-refractivity contribution in [2.24, 2.45) is 0 Å². The van der Waals surface area contributed by atoms with Crippen LogP contribution < -0.4 is 0 Å². The zero-order chi connectivity index (χ0) is 14.9. The molecule has 1 aliphatic rings. The van der Waals surface area contributed by atoms with Crippen molar-refractivity contribution in [2.45, 2.75) is 50.5 Å². The first-order valence-corrected chi connectivity index (χ1v) is 8.29. The average molecular weight is 318 g/mol. The second-order valence-electron chi connectivity index (χ2n) is 6.92. The van der Waals surface area contributed by atoms with E-state index in [1.54, 1.807) is 5.56 Å². The molecule has 0 saturated heterocycles. The topological polar surface area (TPSA) is 3.24 Å². The van der Waals surface area contributed by atoms with Crippen molar-refractivity contribution in [3.63, 3.8) is 0 Å². The van der Waals surface area contributed by atoms with Gasteiger partial charge < -0.3 is 4.90 Å². The normalized spacial score (nSPS) is 18.9. The van der Waals surface area contributed by atoms with E-state index in [0.717, 1.165) is 0 Å². The van der Waals surface area contributed by atoms with Gasteiger partial charge in [0, 0.05) is 11.5 Å². The molecule has 1 aliphatic carbocycles. The lowest BCUT2D eigenvalue weighted by molar-refractivity contribution is 0.143. The van der Waals surface area contributed by atoms with E-state index in [0.29, 0.717) is 11.5 Å². The van der Waals surface area contributed by atoms with Gasteiger partial charge in [0.1, 0.15) is 0 Å². The monoisotopic (exact) mass is 317 g/mol. The fraction of sp³-hybridized carbons (Fsp3) is 0.500. The third-order valence-corrected chi connectivity index (χ3v) is 5.64. The van der Waals surface area contributed by atoms with Crippen molar-refractivity contribution in [1.29, 1.82) is 0 Å². The minimum Gasteiger partial charge on any atom is -0.306 e. The zero-order valence-electron chi connectivity index (χ0n) is 14.0. The Morgan fingerprint density at radius 1 is 0.909 bits per heavy atom. The molecule has 3 rings (SSSR count). The molecule has 2 aromatic carbocycles. The Hall–Kier alpha value is -1.05. The molecule has 0 spiro atoms. The molecule has 1 fully saturated rings. The second-order valence-corrected chi connectivity index (χ2v) is 6.92. The number of benzene rings is 2. The number of nitrogens with zero attached hydrogens (tertiary/aromatic N) is 1. The van der Waals surface area contributed by atoms with Gasteiger partial charge in [-0.15, -0.1) is 12.4 Å². The number of hydrogen-bond donors (Lipinski definition) is 0. The van der Waals surface area contributed by atoms with E-state index >= 15 is 0 Å². The standard InChI is InChI=1S/C20H27N.ClH/c1-16(21(2)3)20(13-7-4-8-14-20)19-12-11-17-9-5-6-10-18(17)15-19;/h5-6,9-12,15-16H,4,7-8,13-14H2,1-3H3;1H. The number of likely N-dealkylation sites (N-methyl/N-ethyl adjacent to an activating group) is 1. The Kier molecular flexibility index (Phi) is 5.52. The summed E-state index contributed by atoms with van der Waals surface area (Å²) in [5.41, 5.74) is 1.87. The maximum Gasteiger partial charge on any atom is 0.0158 e. The molecule has 120 valence electrons. The largest absolute Gasteiger partial charge is 0.306 e. The summed E-state index contributed by atoms with van der Waals surface area (Å²) in [6, 6.07) is 16.4. The van der Waals surface area contributed by atoms with Gasteiger partial charge in [-0.05, 0) is 50.2 Å². The van der Waals surface area contributed by atoms with Gasteiger partial charge >= 0.3 is 0 Å². The minimum absolute atomic E-state index is 0. The zero-order valence-corrected chi connectivity index (χ0v) is 14.8. The lowest BCUT2D eigenvalue weighted by Crippen LogP contribution is -2.47. The highest BCUT2D eigenvalue weighted by Crippen LogP contribution is 2.44.